The van der Waals surface area contributed by atoms with Gasteiger partial charge in [-0.15, -0.1) is 0 Å². The van der Waals surface area contributed by atoms with Crippen molar-refractivity contribution < 1.29 is 9.53 Å². The maximum Gasteiger partial charge on any atom is 0.168 e. The molecule has 1 atom stereocenters. The molecule has 2 heterocycles. The number of hydrogen-bond acceptors (Lipinski definition) is 5. The third kappa shape index (κ3) is 5.77. The van der Waals surface area contributed by atoms with Crippen LogP contribution in [0.4, 0.5) is 0 Å². The fourth-order valence-corrected chi connectivity index (χ4v) is 4.12. The van der Waals surface area contributed by atoms with Crippen LogP contribution in [0.3, 0.4) is 0 Å². The highest BCUT2D eigenvalue weighted by Gasteiger charge is 2.28. The molecule has 0 radical (unpaired) electrons. The van der Waals surface area contributed by atoms with E-state index in [9.17, 15) is 4.79 Å². The van der Waals surface area contributed by atoms with Crippen LogP contribution in [0.1, 0.15) is 22.8 Å². The molecule has 1 fully saturated rings. The Bertz CT molecular complexity index is 923. The van der Waals surface area contributed by atoms with Crippen molar-refractivity contribution >= 4 is 17.9 Å². The average Bonchev–Trinajstić information content (AvgIpc) is 2.82. The first-order valence-electron chi connectivity index (χ1n) is 10.5. The maximum absolute atomic E-state index is 12.0. The van der Waals surface area contributed by atoms with Crippen molar-refractivity contribution in [2.45, 2.75) is 18.9 Å². The molecule has 0 bridgehead atoms. The summed E-state index contributed by atoms with van der Waals surface area (Å²) < 4.78 is 6.39. The van der Waals surface area contributed by atoms with E-state index in [2.05, 4.69) is 14.8 Å². The van der Waals surface area contributed by atoms with Crippen LogP contribution < -0.4 is 0 Å². The highest BCUT2D eigenvalue weighted by atomic mass is 35.5. The summed E-state index contributed by atoms with van der Waals surface area (Å²) in [6, 6.07) is 24.0. The van der Waals surface area contributed by atoms with Gasteiger partial charge in [0.15, 0.2) is 12.5 Å². The van der Waals surface area contributed by atoms with Crippen LogP contribution in [0.25, 0.3) is 0 Å². The van der Waals surface area contributed by atoms with Gasteiger partial charge in [0, 0.05) is 38.9 Å². The topological polar surface area (TPSA) is 45.7 Å². The standard InChI is InChI=1S/C25H26ClN3O2/c26-23-17-20(11-12-27-23)18-28-13-15-29(16-14-28)24(19-30)31-25(21-7-3-1-4-8-21)22-9-5-2-6-10-22/h1-12,17,19,24-25H,13-16,18H2. The van der Waals surface area contributed by atoms with Crippen molar-refractivity contribution in [3.05, 3.63) is 101 Å². The number of piperazine rings is 1. The molecular formula is C25H26ClN3O2. The third-order valence-electron chi connectivity index (χ3n) is 5.56. The predicted octanol–water partition coefficient (Wildman–Crippen LogP) is 4.18. The summed E-state index contributed by atoms with van der Waals surface area (Å²) in [5.74, 6) is 0. The molecule has 1 unspecified atom stereocenters. The number of aldehydes is 1. The Morgan fingerprint density at radius 2 is 1.55 bits per heavy atom. The molecule has 0 amide bonds. The van der Waals surface area contributed by atoms with Crippen LogP contribution in [0.15, 0.2) is 79.0 Å². The van der Waals surface area contributed by atoms with Gasteiger partial charge in [-0.05, 0) is 28.8 Å². The Labute approximate surface area is 188 Å². The second-order valence-electron chi connectivity index (χ2n) is 7.66. The number of hydrogen-bond donors (Lipinski definition) is 0. The van der Waals surface area contributed by atoms with Crippen LogP contribution in [-0.4, -0.2) is 53.5 Å². The fraction of sp³-hybridized carbons (Fsp3) is 0.280. The second kappa shape index (κ2) is 10.6. The zero-order valence-corrected chi connectivity index (χ0v) is 18.1. The predicted molar refractivity (Wildman–Crippen MR) is 122 cm³/mol. The molecule has 3 aromatic rings. The number of pyridine rings is 1. The summed E-state index contributed by atoms with van der Waals surface area (Å²) in [5.41, 5.74) is 3.22. The fourth-order valence-electron chi connectivity index (χ4n) is 3.92. The number of aromatic nitrogens is 1. The van der Waals surface area contributed by atoms with Crippen LogP contribution in [0.2, 0.25) is 5.15 Å². The smallest absolute Gasteiger partial charge is 0.168 e. The van der Waals surface area contributed by atoms with Gasteiger partial charge in [-0.2, -0.15) is 0 Å². The van der Waals surface area contributed by atoms with Crippen LogP contribution in [-0.2, 0) is 16.1 Å². The van der Waals surface area contributed by atoms with E-state index in [0.717, 1.165) is 55.7 Å². The van der Waals surface area contributed by atoms with Gasteiger partial charge in [0.1, 0.15) is 11.3 Å². The summed E-state index contributed by atoms with van der Waals surface area (Å²) in [4.78, 5) is 20.5. The zero-order chi connectivity index (χ0) is 21.5. The monoisotopic (exact) mass is 435 g/mol. The molecule has 31 heavy (non-hydrogen) atoms. The first-order valence-corrected chi connectivity index (χ1v) is 10.9. The molecule has 2 aromatic carbocycles. The van der Waals surface area contributed by atoms with E-state index in [4.69, 9.17) is 16.3 Å². The van der Waals surface area contributed by atoms with E-state index >= 15 is 0 Å². The number of carbonyl (C=O) groups excluding carboxylic acids is 1. The number of rotatable bonds is 8. The lowest BCUT2D eigenvalue weighted by molar-refractivity contribution is -0.140. The minimum absolute atomic E-state index is 0.297. The highest BCUT2D eigenvalue weighted by molar-refractivity contribution is 6.29. The van der Waals surface area contributed by atoms with Gasteiger partial charge < -0.3 is 4.74 Å². The lowest BCUT2D eigenvalue weighted by Crippen LogP contribution is -2.51. The SMILES string of the molecule is O=CC(OC(c1ccccc1)c1ccccc1)N1CCN(Cc2ccnc(Cl)c2)CC1. The van der Waals surface area contributed by atoms with Crippen molar-refractivity contribution in [1.29, 1.82) is 0 Å². The summed E-state index contributed by atoms with van der Waals surface area (Å²) in [6.45, 7) is 4.06. The van der Waals surface area contributed by atoms with Crippen molar-refractivity contribution in [1.82, 2.24) is 14.8 Å². The largest absolute Gasteiger partial charge is 0.343 e. The molecule has 0 aliphatic carbocycles. The lowest BCUT2D eigenvalue weighted by atomic mass is 10.0. The third-order valence-corrected chi connectivity index (χ3v) is 5.77. The van der Waals surface area contributed by atoms with Crippen LogP contribution in [0.5, 0.6) is 0 Å². The number of benzene rings is 2. The lowest BCUT2D eigenvalue weighted by Gasteiger charge is -2.38. The molecule has 5 nitrogen and oxygen atoms in total. The minimum atomic E-state index is -0.595. The minimum Gasteiger partial charge on any atom is -0.343 e. The van der Waals surface area contributed by atoms with Gasteiger partial charge in [0.25, 0.3) is 0 Å². The van der Waals surface area contributed by atoms with E-state index in [1.165, 1.54) is 0 Å². The molecule has 1 aliphatic heterocycles. The average molecular weight is 436 g/mol. The van der Waals surface area contributed by atoms with E-state index < -0.39 is 6.23 Å². The molecule has 1 aliphatic rings. The molecular weight excluding hydrogens is 410 g/mol. The quantitative estimate of drug-likeness (QED) is 0.392. The first-order chi connectivity index (χ1) is 15.2. The second-order valence-corrected chi connectivity index (χ2v) is 8.05. The van der Waals surface area contributed by atoms with Crippen molar-refractivity contribution in [3.8, 4) is 0 Å². The van der Waals surface area contributed by atoms with Gasteiger partial charge in [-0.3, -0.25) is 14.6 Å². The molecule has 1 saturated heterocycles. The Morgan fingerprint density at radius 1 is 0.935 bits per heavy atom. The molecule has 4 rings (SSSR count). The summed E-state index contributed by atoms with van der Waals surface area (Å²) in [5, 5.41) is 0.512. The van der Waals surface area contributed by atoms with Crippen LogP contribution >= 0.6 is 11.6 Å². The number of nitrogens with zero attached hydrogens (tertiary/aromatic N) is 3. The highest BCUT2D eigenvalue weighted by Crippen LogP contribution is 2.28. The van der Waals surface area contributed by atoms with Gasteiger partial charge in [0.05, 0.1) is 0 Å². The van der Waals surface area contributed by atoms with Gasteiger partial charge >= 0.3 is 0 Å². The summed E-state index contributed by atoms with van der Waals surface area (Å²) in [7, 11) is 0. The molecule has 1 aromatic heterocycles. The Morgan fingerprint density at radius 3 is 2.10 bits per heavy atom. The van der Waals surface area contributed by atoms with E-state index in [1.54, 1.807) is 6.20 Å². The molecule has 160 valence electrons. The Kier molecular flexibility index (Phi) is 7.43. The number of halogens is 1. The number of ether oxygens (including phenoxy) is 1. The van der Waals surface area contributed by atoms with Crippen molar-refractivity contribution in [2.75, 3.05) is 26.2 Å². The summed E-state index contributed by atoms with van der Waals surface area (Å²) >= 11 is 6.00. The van der Waals surface area contributed by atoms with Gasteiger partial charge in [-0.1, -0.05) is 72.3 Å². The van der Waals surface area contributed by atoms with E-state index in [0.29, 0.717) is 5.15 Å². The van der Waals surface area contributed by atoms with Crippen LogP contribution in [0, 0.1) is 0 Å². The molecule has 0 saturated carbocycles. The summed E-state index contributed by atoms with van der Waals surface area (Å²) in [6.07, 6.45) is 1.76. The zero-order valence-electron chi connectivity index (χ0n) is 17.3. The normalized spacial score (nSPS) is 16.3. The molecule has 0 N–H and O–H groups in total. The van der Waals surface area contributed by atoms with E-state index in [1.807, 2.05) is 72.8 Å². The first kappa shape index (κ1) is 21.7. The van der Waals surface area contributed by atoms with Crippen molar-refractivity contribution in [2.24, 2.45) is 0 Å². The van der Waals surface area contributed by atoms with Gasteiger partial charge in [0.2, 0.25) is 0 Å². The maximum atomic E-state index is 12.0. The Balaban J connectivity index is 1.42. The Hall–Kier alpha value is -2.57. The van der Waals surface area contributed by atoms with Crippen molar-refractivity contribution in [3.63, 3.8) is 0 Å². The number of carbonyl (C=O) groups is 1. The molecule has 6 heteroatoms. The van der Waals surface area contributed by atoms with Gasteiger partial charge in [-0.25, -0.2) is 4.98 Å². The van der Waals surface area contributed by atoms with E-state index in [-0.39, 0.29) is 6.10 Å². The molecule has 0 spiro atoms.